The molecule has 2 aromatic carbocycles. The minimum absolute atomic E-state index is 0.0111. The van der Waals surface area contributed by atoms with Crippen molar-refractivity contribution in [3.63, 3.8) is 0 Å². The Morgan fingerprint density at radius 2 is 1.45 bits per heavy atom. The zero-order valence-electron chi connectivity index (χ0n) is 35.0. The van der Waals surface area contributed by atoms with Gasteiger partial charge in [0.05, 0.1) is 49.6 Å². The fourth-order valence-corrected chi connectivity index (χ4v) is 10.4. The van der Waals surface area contributed by atoms with Crippen LogP contribution in [-0.4, -0.2) is 87.1 Å². The standard InChI is InChI=1S/C46H59N7O5/c1-25(2)18-39(54)53-27(5)8-17-37(53)43-48-22-36(50-43)34-16-15-33(40-31-13-14-32(20-31)41(34)40)29-9-11-30(12-10-29)35-21-47-44(49-35)38-19-28(24-57-6)23-52(38)45(55)42(26(3)4)51-46(56)58-7/h9-12,15-16,21-22,25-28,31-32,37-38,42H,8,13-14,17-20,23-24H2,1-7H3,(H,47,49)(H,48,50)(H,51,56)/t27-,28-,31?,32?,37-,38-,42-/m0/s1. The van der Waals surface area contributed by atoms with Gasteiger partial charge in [-0.25, -0.2) is 14.8 Å². The maximum absolute atomic E-state index is 13.9. The number of amides is 3. The Morgan fingerprint density at radius 1 is 0.810 bits per heavy atom. The number of ether oxygens (including phenoxy) is 2. The summed E-state index contributed by atoms with van der Waals surface area (Å²) < 4.78 is 10.3. The van der Waals surface area contributed by atoms with Gasteiger partial charge < -0.3 is 34.6 Å². The van der Waals surface area contributed by atoms with Gasteiger partial charge in [-0.1, -0.05) is 64.1 Å². The molecule has 58 heavy (non-hydrogen) atoms. The van der Waals surface area contributed by atoms with Gasteiger partial charge in [0.2, 0.25) is 11.8 Å². The molecule has 2 aromatic heterocycles. The quantitative estimate of drug-likeness (QED) is 0.131. The lowest BCUT2D eigenvalue weighted by molar-refractivity contribution is -0.136. The maximum Gasteiger partial charge on any atom is 0.407 e. The number of rotatable bonds is 12. The summed E-state index contributed by atoms with van der Waals surface area (Å²) in [5, 5.41) is 2.74. The van der Waals surface area contributed by atoms with E-state index in [0.29, 0.717) is 43.7 Å². The highest BCUT2D eigenvalue weighted by atomic mass is 16.5. The van der Waals surface area contributed by atoms with Crippen LogP contribution in [0, 0.1) is 17.8 Å². The van der Waals surface area contributed by atoms with E-state index >= 15 is 0 Å². The van der Waals surface area contributed by atoms with Crippen LogP contribution in [0.4, 0.5) is 4.79 Å². The van der Waals surface area contributed by atoms with Crippen LogP contribution in [0.25, 0.3) is 33.6 Å². The van der Waals surface area contributed by atoms with Crippen molar-refractivity contribution in [3.05, 3.63) is 71.6 Å². The third kappa shape index (κ3) is 7.44. The lowest BCUT2D eigenvalue weighted by Gasteiger charge is -2.30. The first-order valence-electron chi connectivity index (χ1n) is 21.3. The molecule has 308 valence electrons. The van der Waals surface area contributed by atoms with Crippen molar-refractivity contribution in [1.82, 2.24) is 35.1 Å². The number of aromatic nitrogens is 4. The first kappa shape index (κ1) is 39.8. The number of methoxy groups -OCH3 is 2. The maximum atomic E-state index is 13.9. The van der Waals surface area contributed by atoms with Crippen molar-refractivity contribution in [2.24, 2.45) is 17.8 Å². The molecular formula is C46H59N7O5. The molecule has 2 aliphatic heterocycles. The Bertz CT molecular complexity index is 2140. The third-order valence-corrected chi connectivity index (χ3v) is 13.2. The first-order valence-corrected chi connectivity index (χ1v) is 21.3. The Morgan fingerprint density at radius 3 is 2.12 bits per heavy atom. The van der Waals surface area contributed by atoms with E-state index in [4.69, 9.17) is 19.4 Å². The van der Waals surface area contributed by atoms with E-state index in [1.165, 1.54) is 54.2 Å². The van der Waals surface area contributed by atoms with Gasteiger partial charge in [-0.15, -0.1) is 0 Å². The van der Waals surface area contributed by atoms with Gasteiger partial charge in [0.15, 0.2) is 0 Å². The Labute approximate surface area is 341 Å². The van der Waals surface area contributed by atoms with Gasteiger partial charge in [-0.2, -0.15) is 0 Å². The van der Waals surface area contributed by atoms with Crippen LogP contribution in [-0.2, 0) is 19.1 Å². The second-order valence-corrected chi connectivity index (χ2v) is 17.9. The number of likely N-dealkylation sites (tertiary alicyclic amines) is 2. The molecule has 3 amide bonds. The Balaban J connectivity index is 1.04. The molecule has 4 aromatic rings. The second kappa shape index (κ2) is 16.4. The van der Waals surface area contributed by atoms with E-state index in [1.807, 2.05) is 31.1 Å². The minimum Gasteiger partial charge on any atom is -0.453 e. The molecule has 2 unspecified atom stereocenters. The molecule has 0 spiro atoms. The number of H-pyrrole nitrogens is 2. The number of hydrogen-bond donors (Lipinski definition) is 3. The smallest absolute Gasteiger partial charge is 0.407 e. The molecule has 3 fully saturated rings. The van der Waals surface area contributed by atoms with Crippen LogP contribution in [0.1, 0.15) is 126 Å². The van der Waals surface area contributed by atoms with Crippen molar-refractivity contribution < 1.29 is 23.9 Å². The summed E-state index contributed by atoms with van der Waals surface area (Å²) in [6, 6.07) is 12.5. The largest absolute Gasteiger partial charge is 0.453 e. The molecule has 2 aliphatic carbocycles. The number of nitrogens with zero attached hydrogens (tertiary/aromatic N) is 4. The first-order chi connectivity index (χ1) is 27.9. The summed E-state index contributed by atoms with van der Waals surface area (Å²) >= 11 is 0. The number of aromatic amines is 2. The number of nitrogens with one attached hydrogen (secondary N) is 3. The SMILES string of the molecule is COC[C@H]1C[C@@H](c2ncc(-c3ccc(-c4ccc(-c5cnc([C@@H]6CC[C@H](C)N6C(=O)CC(C)C)[nH]5)c5c4C4CCC5C4)cc3)[nH]2)N(C(=O)[C@@H](NC(=O)OC)C(C)C)C1. The Hall–Kier alpha value is -4.97. The zero-order chi connectivity index (χ0) is 40.8. The highest BCUT2D eigenvalue weighted by Gasteiger charge is 2.43. The average molecular weight is 790 g/mol. The van der Waals surface area contributed by atoms with E-state index in [0.717, 1.165) is 41.4 Å². The summed E-state index contributed by atoms with van der Waals surface area (Å²) in [5.74, 6) is 3.10. The van der Waals surface area contributed by atoms with Crippen LogP contribution >= 0.6 is 0 Å². The van der Waals surface area contributed by atoms with Crippen molar-refractivity contribution in [2.75, 3.05) is 27.4 Å². The van der Waals surface area contributed by atoms with Gasteiger partial charge in [0.1, 0.15) is 17.7 Å². The molecule has 2 bridgehead atoms. The van der Waals surface area contributed by atoms with Gasteiger partial charge in [-0.3, -0.25) is 9.59 Å². The van der Waals surface area contributed by atoms with Gasteiger partial charge in [0.25, 0.3) is 0 Å². The molecule has 8 rings (SSSR count). The third-order valence-electron chi connectivity index (χ3n) is 13.2. The molecule has 2 saturated heterocycles. The van der Waals surface area contributed by atoms with Crippen molar-refractivity contribution in [1.29, 1.82) is 0 Å². The summed E-state index contributed by atoms with van der Waals surface area (Å²) in [6.45, 7) is 11.2. The normalized spacial score (nSPS) is 24.2. The van der Waals surface area contributed by atoms with Crippen molar-refractivity contribution >= 4 is 17.9 Å². The fraction of sp³-hybridized carbons (Fsp3) is 0.543. The number of carbonyl (C=O) groups is 3. The molecule has 7 atom stereocenters. The van der Waals surface area contributed by atoms with Crippen molar-refractivity contribution in [2.45, 2.75) is 116 Å². The van der Waals surface area contributed by atoms with E-state index in [2.05, 4.69) is 77.4 Å². The molecule has 12 heteroatoms. The van der Waals surface area contributed by atoms with E-state index in [1.54, 1.807) is 7.11 Å². The molecule has 1 saturated carbocycles. The monoisotopic (exact) mass is 789 g/mol. The molecule has 12 nitrogen and oxygen atoms in total. The van der Waals surface area contributed by atoms with Crippen LogP contribution in [0.15, 0.2) is 48.8 Å². The van der Waals surface area contributed by atoms with Gasteiger partial charge in [0, 0.05) is 37.6 Å². The van der Waals surface area contributed by atoms with E-state index in [9.17, 15) is 14.4 Å². The molecular weight excluding hydrogens is 731 g/mol. The second-order valence-electron chi connectivity index (χ2n) is 17.9. The lowest BCUT2D eigenvalue weighted by Crippen LogP contribution is -2.51. The zero-order valence-corrected chi connectivity index (χ0v) is 35.0. The highest BCUT2D eigenvalue weighted by Crippen LogP contribution is 2.58. The average Bonchev–Trinajstić information content (AvgIpc) is 4.07. The summed E-state index contributed by atoms with van der Waals surface area (Å²) in [6.07, 6.45) is 10.0. The number of fused-ring (bicyclic) bond motifs is 5. The van der Waals surface area contributed by atoms with E-state index in [-0.39, 0.29) is 41.8 Å². The fourth-order valence-electron chi connectivity index (χ4n) is 10.4. The number of carbonyl (C=O) groups excluding carboxylic acids is 3. The number of benzene rings is 2. The summed E-state index contributed by atoms with van der Waals surface area (Å²) in [4.78, 5) is 60.2. The van der Waals surface area contributed by atoms with Crippen LogP contribution < -0.4 is 5.32 Å². The highest BCUT2D eigenvalue weighted by molar-refractivity contribution is 5.86. The van der Waals surface area contributed by atoms with E-state index < -0.39 is 12.1 Å². The lowest BCUT2D eigenvalue weighted by atomic mass is 9.82. The summed E-state index contributed by atoms with van der Waals surface area (Å²) in [5.41, 5.74) is 9.60. The molecule has 3 N–H and O–H groups in total. The van der Waals surface area contributed by atoms with Gasteiger partial charge >= 0.3 is 6.09 Å². The summed E-state index contributed by atoms with van der Waals surface area (Å²) in [7, 11) is 2.98. The van der Waals surface area contributed by atoms with Gasteiger partial charge in [-0.05, 0) is 96.9 Å². The topological polar surface area (TPSA) is 146 Å². The van der Waals surface area contributed by atoms with Crippen LogP contribution in [0.5, 0.6) is 0 Å². The number of alkyl carbamates (subject to hydrolysis) is 1. The van der Waals surface area contributed by atoms with Crippen LogP contribution in [0.3, 0.4) is 0 Å². The number of hydrogen-bond acceptors (Lipinski definition) is 7. The molecule has 4 heterocycles. The molecule has 4 aliphatic rings. The molecule has 0 radical (unpaired) electrons. The predicted octanol–water partition coefficient (Wildman–Crippen LogP) is 8.51. The Kier molecular flexibility index (Phi) is 11.2. The predicted molar refractivity (Wildman–Crippen MR) is 223 cm³/mol. The van der Waals surface area contributed by atoms with Crippen molar-refractivity contribution in [3.8, 4) is 33.6 Å². The number of imidazole rings is 2. The van der Waals surface area contributed by atoms with Crippen LogP contribution in [0.2, 0.25) is 0 Å². The minimum atomic E-state index is -0.723.